The second kappa shape index (κ2) is 17.0. The van der Waals surface area contributed by atoms with Crippen molar-refractivity contribution in [3.63, 3.8) is 0 Å². The summed E-state index contributed by atoms with van der Waals surface area (Å²) < 4.78 is 0. The number of carboxylic acids is 2. The van der Waals surface area contributed by atoms with Crippen LogP contribution in [-0.4, -0.2) is 83.0 Å². The standard InChI is InChI=1S/C27H46N4O7/c1-2-31(24(33)10-6-9-20-13-15-28-16-14-20)18-23(32)29-22(17-25(34)35)26(36)30-21(27(37)38)12-11-19-7-4-3-5-8-19/h19-22,28H,2-18H2,1H3,(H,29,32)(H,30,36)(H,34,35)(H,37,38)/t21?,22-/m0/s1. The smallest absolute Gasteiger partial charge is 0.326 e. The fourth-order valence-electron chi connectivity index (χ4n) is 5.45. The highest BCUT2D eigenvalue weighted by atomic mass is 16.4. The van der Waals surface area contributed by atoms with Gasteiger partial charge in [-0.3, -0.25) is 19.2 Å². The van der Waals surface area contributed by atoms with Gasteiger partial charge in [0.05, 0.1) is 13.0 Å². The van der Waals surface area contributed by atoms with E-state index in [4.69, 9.17) is 0 Å². The van der Waals surface area contributed by atoms with Gasteiger partial charge >= 0.3 is 11.9 Å². The van der Waals surface area contributed by atoms with Crippen molar-refractivity contribution in [2.24, 2.45) is 11.8 Å². The number of nitrogens with zero attached hydrogens (tertiary/aromatic N) is 1. The van der Waals surface area contributed by atoms with Gasteiger partial charge in [0.2, 0.25) is 17.7 Å². The third-order valence-electron chi connectivity index (χ3n) is 7.76. The van der Waals surface area contributed by atoms with Crippen molar-refractivity contribution in [2.75, 3.05) is 26.2 Å². The lowest BCUT2D eigenvalue weighted by Crippen LogP contribution is -2.54. The predicted molar refractivity (Wildman–Crippen MR) is 141 cm³/mol. The van der Waals surface area contributed by atoms with Gasteiger partial charge in [0, 0.05) is 13.0 Å². The molecular weight excluding hydrogens is 492 g/mol. The van der Waals surface area contributed by atoms with Crippen molar-refractivity contribution in [3.8, 4) is 0 Å². The monoisotopic (exact) mass is 538 g/mol. The fourth-order valence-corrected chi connectivity index (χ4v) is 5.45. The Hall–Kier alpha value is -2.69. The summed E-state index contributed by atoms with van der Waals surface area (Å²) in [4.78, 5) is 62.7. The summed E-state index contributed by atoms with van der Waals surface area (Å²) in [6.07, 6.45) is 9.97. The highest BCUT2D eigenvalue weighted by molar-refractivity contribution is 5.94. The minimum Gasteiger partial charge on any atom is -0.481 e. The van der Waals surface area contributed by atoms with Crippen LogP contribution in [0.4, 0.5) is 0 Å². The Morgan fingerprint density at radius 1 is 0.895 bits per heavy atom. The second-order valence-corrected chi connectivity index (χ2v) is 10.7. The molecule has 2 atom stereocenters. The lowest BCUT2D eigenvalue weighted by atomic mass is 9.85. The van der Waals surface area contributed by atoms with E-state index in [2.05, 4.69) is 16.0 Å². The average Bonchev–Trinajstić information content (AvgIpc) is 2.89. The minimum absolute atomic E-state index is 0.163. The van der Waals surface area contributed by atoms with E-state index in [1.807, 2.05) is 0 Å². The Kier molecular flexibility index (Phi) is 14.1. The molecule has 2 aliphatic rings. The highest BCUT2D eigenvalue weighted by Gasteiger charge is 2.29. The van der Waals surface area contributed by atoms with Gasteiger partial charge in [0.15, 0.2) is 0 Å². The number of amides is 3. The first-order valence-electron chi connectivity index (χ1n) is 14.2. The lowest BCUT2D eigenvalue weighted by molar-refractivity contribution is -0.144. The summed E-state index contributed by atoms with van der Waals surface area (Å²) in [6.45, 7) is 3.76. The van der Waals surface area contributed by atoms with Crippen LogP contribution >= 0.6 is 0 Å². The summed E-state index contributed by atoms with van der Waals surface area (Å²) >= 11 is 0. The van der Waals surface area contributed by atoms with E-state index >= 15 is 0 Å². The Balaban J connectivity index is 1.86. The van der Waals surface area contributed by atoms with Gasteiger partial charge in [0.1, 0.15) is 12.1 Å². The molecule has 216 valence electrons. The van der Waals surface area contributed by atoms with Crippen LogP contribution in [0.15, 0.2) is 0 Å². The van der Waals surface area contributed by atoms with E-state index in [-0.39, 0.29) is 18.9 Å². The molecule has 1 saturated carbocycles. The molecule has 1 saturated heterocycles. The molecule has 0 spiro atoms. The van der Waals surface area contributed by atoms with E-state index in [0.717, 1.165) is 64.5 Å². The van der Waals surface area contributed by atoms with Crippen molar-refractivity contribution in [2.45, 2.75) is 102 Å². The quantitative estimate of drug-likeness (QED) is 0.199. The molecule has 0 radical (unpaired) electrons. The average molecular weight is 539 g/mol. The van der Waals surface area contributed by atoms with Crippen LogP contribution in [0.25, 0.3) is 0 Å². The molecule has 2 fully saturated rings. The zero-order valence-electron chi connectivity index (χ0n) is 22.7. The molecule has 1 aliphatic heterocycles. The highest BCUT2D eigenvalue weighted by Crippen LogP contribution is 2.27. The van der Waals surface area contributed by atoms with Crippen LogP contribution in [0.2, 0.25) is 0 Å². The number of rotatable bonds is 16. The minimum atomic E-state index is -1.44. The Morgan fingerprint density at radius 3 is 2.16 bits per heavy atom. The van der Waals surface area contributed by atoms with Crippen molar-refractivity contribution < 1.29 is 34.2 Å². The van der Waals surface area contributed by atoms with E-state index in [9.17, 15) is 34.2 Å². The molecule has 0 aromatic carbocycles. The van der Waals surface area contributed by atoms with Gasteiger partial charge in [-0.25, -0.2) is 4.79 Å². The van der Waals surface area contributed by atoms with Gasteiger partial charge in [0.25, 0.3) is 0 Å². The summed E-state index contributed by atoms with van der Waals surface area (Å²) in [6, 6.07) is -2.60. The molecule has 1 aliphatic carbocycles. The van der Waals surface area contributed by atoms with E-state index < -0.39 is 42.3 Å². The number of hydrogen-bond acceptors (Lipinski definition) is 6. The second-order valence-electron chi connectivity index (χ2n) is 10.7. The Morgan fingerprint density at radius 2 is 1.55 bits per heavy atom. The topological polar surface area (TPSA) is 165 Å². The molecule has 1 heterocycles. The third kappa shape index (κ3) is 11.8. The van der Waals surface area contributed by atoms with Crippen molar-refractivity contribution in [1.29, 1.82) is 0 Å². The number of piperidine rings is 1. The molecule has 0 aromatic heterocycles. The molecule has 11 nitrogen and oxygen atoms in total. The molecule has 38 heavy (non-hydrogen) atoms. The van der Waals surface area contributed by atoms with Crippen LogP contribution in [0.5, 0.6) is 0 Å². The zero-order valence-corrected chi connectivity index (χ0v) is 22.7. The van der Waals surface area contributed by atoms with Crippen molar-refractivity contribution in [3.05, 3.63) is 0 Å². The van der Waals surface area contributed by atoms with E-state index in [1.54, 1.807) is 6.92 Å². The number of carboxylic acid groups (broad SMARTS) is 2. The van der Waals surface area contributed by atoms with E-state index in [1.165, 1.54) is 11.3 Å². The van der Waals surface area contributed by atoms with Crippen LogP contribution in [0, 0.1) is 11.8 Å². The number of hydrogen-bond donors (Lipinski definition) is 5. The Labute approximate surface area is 225 Å². The van der Waals surface area contributed by atoms with Gasteiger partial charge in [-0.1, -0.05) is 32.1 Å². The maximum absolute atomic E-state index is 12.8. The molecule has 0 bridgehead atoms. The summed E-state index contributed by atoms with van der Waals surface area (Å²) in [5, 5.41) is 27.0. The van der Waals surface area contributed by atoms with Crippen LogP contribution in [0.3, 0.4) is 0 Å². The molecular formula is C27H46N4O7. The summed E-state index contributed by atoms with van der Waals surface area (Å²) in [5.74, 6) is -3.14. The molecule has 3 amide bonds. The van der Waals surface area contributed by atoms with Crippen molar-refractivity contribution >= 4 is 29.7 Å². The first-order valence-corrected chi connectivity index (χ1v) is 14.2. The predicted octanol–water partition coefficient (Wildman–Crippen LogP) is 1.89. The molecule has 2 rings (SSSR count). The molecule has 1 unspecified atom stereocenters. The SMILES string of the molecule is CCN(CC(=O)N[C@@H](CC(=O)O)C(=O)NC(CCC1CCCCC1)C(=O)O)C(=O)CCCC1CCNCC1. The normalized spacial score (nSPS) is 18.2. The summed E-state index contributed by atoms with van der Waals surface area (Å²) in [7, 11) is 0. The number of nitrogens with one attached hydrogen (secondary N) is 3. The molecule has 11 heteroatoms. The van der Waals surface area contributed by atoms with Crippen LogP contribution in [-0.2, 0) is 24.0 Å². The number of carbonyl (C=O) groups excluding carboxylic acids is 3. The lowest BCUT2D eigenvalue weighted by Gasteiger charge is -2.25. The molecule has 5 N–H and O–H groups in total. The van der Waals surface area contributed by atoms with Gasteiger partial charge in [-0.05, 0) is 70.4 Å². The maximum atomic E-state index is 12.8. The number of aliphatic carboxylic acids is 2. The van der Waals surface area contributed by atoms with Gasteiger partial charge in [-0.15, -0.1) is 0 Å². The third-order valence-corrected chi connectivity index (χ3v) is 7.76. The van der Waals surface area contributed by atoms with Crippen LogP contribution in [0.1, 0.15) is 90.4 Å². The Bertz CT molecular complexity index is 794. The fraction of sp³-hybridized carbons (Fsp3) is 0.815. The first kappa shape index (κ1) is 31.5. The maximum Gasteiger partial charge on any atom is 0.326 e. The van der Waals surface area contributed by atoms with Gasteiger partial charge in [-0.2, -0.15) is 0 Å². The number of carbonyl (C=O) groups is 5. The largest absolute Gasteiger partial charge is 0.481 e. The molecule has 0 aromatic rings. The first-order chi connectivity index (χ1) is 18.2. The zero-order chi connectivity index (χ0) is 27.9. The van der Waals surface area contributed by atoms with Crippen LogP contribution < -0.4 is 16.0 Å². The van der Waals surface area contributed by atoms with E-state index in [0.29, 0.717) is 31.2 Å². The van der Waals surface area contributed by atoms with Gasteiger partial charge < -0.3 is 31.1 Å². The summed E-state index contributed by atoms with van der Waals surface area (Å²) in [5.41, 5.74) is 0. The van der Waals surface area contributed by atoms with Crippen molar-refractivity contribution in [1.82, 2.24) is 20.9 Å². The number of likely N-dealkylation sites (N-methyl/N-ethyl adjacent to an activating group) is 1.